The zero-order chi connectivity index (χ0) is 20.2. The third-order valence-corrected chi connectivity index (χ3v) is 5.16. The van der Waals surface area contributed by atoms with Crippen LogP contribution < -0.4 is 11.3 Å². The van der Waals surface area contributed by atoms with E-state index >= 15 is 0 Å². The molecular formula is C19H7Br2F3O4. The molecule has 0 aliphatic heterocycles. The van der Waals surface area contributed by atoms with Crippen LogP contribution in [0.25, 0.3) is 33.1 Å². The van der Waals surface area contributed by atoms with Gasteiger partial charge >= 0.3 is 17.4 Å². The number of fused-ring (bicyclic) bond motifs is 2. The van der Waals surface area contributed by atoms with Gasteiger partial charge in [-0.1, -0.05) is 22.0 Å². The molecule has 0 N–H and O–H groups in total. The van der Waals surface area contributed by atoms with E-state index in [0.29, 0.717) is 21.5 Å². The number of rotatable bonds is 1. The van der Waals surface area contributed by atoms with E-state index < -0.39 is 23.0 Å². The molecule has 28 heavy (non-hydrogen) atoms. The number of halogens is 5. The van der Waals surface area contributed by atoms with Gasteiger partial charge in [-0.25, -0.2) is 9.59 Å². The number of alkyl halides is 3. The third kappa shape index (κ3) is 3.29. The van der Waals surface area contributed by atoms with Crippen LogP contribution in [-0.2, 0) is 6.18 Å². The maximum atomic E-state index is 13.3. The van der Waals surface area contributed by atoms with Crippen molar-refractivity contribution in [3.05, 3.63) is 77.8 Å². The second-order valence-electron chi connectivity index (χ2n) is 5.94. The summed E-state index contributed by atoms with van der Waals surface area (Å²) >= 11 is 6.64. The first-order valence-electron chi connectivity index (χ1n) is 7.72. The fourth-order valence-corrected chi connectivity index (χ4v) is 4.26. The van der Waals surface area contributed by atoms with Gasteiger partial charge in [0.15, 0.2) is 5.58 Å². The Kier molecular flexibility index (Phi) is 4.46. The highest BCUT2D eigenvalue weighted by Crippen LogP contribution is 2.36. The van der Waals surface area contributed by atoms with Crippen LogP contribution in [-0.4, -0.2) is 0 Å². The van der Waals surface area contributed by atoms with Gasteiger partial charge in [-0.05, 0) is 51.8 Å². The lowest BCUT2D eigenvalue weighted by Crippen LogP contribution is -2.11. The molecule has 0 aliphatic rings. The molecule has 0 saturated heterocycles. The van der Waals surface area contributed by atoms with Crippen molar-refractivity contribution in [3.63, 3.8) is 0 Å². The molecule has 0 spiro atoms. The Labute approximate surface area is 170 Å². The second-order valence-corrected chi connectivity index (χ2v) is 7.71. The van der Waals surface area contributed by atoms with Gasteiger partial charge in [-0.3, -0.25) is 0 Å². The lowest BCUT2D eigenvalue weighted by Gasteiger charge is -2.10. The van der Waals surface area contributed by atoms with Crippen LogP contribution in [0.5, 0.6) is 0 Å². The molecule has 2 aromatic carbocycles. The van der Waals surface area contributed by atoms with Crippen LogP contribution in [0.3, 0.4) is 0 Å². The summed E-state index contributed by atoms with van der Waals surface area (Å²) in [7, 11) is 0. The van der Waals surface area contributed by atoms with Crippen molar-refractivity contribution >= 4 is 53.8 Å². The molecular weight excluding hydrogens is 509 g/mol. The van der Waals surface area contributed by atoms with Gasteiger partial charge in [0.25, 0.3) is 0 Å². The minimum atomic E-state index is -4.75. The average Bonchev–Trinajstić information content (AvgIpc) is 2.60. The predicted molar refractivity (Wildman–Crippen MR) is 104 cm³/mol. The molecule has 4 nitrogen and oxygen atoms in total. The lowest BCUT2D eigenvalue weighted by molar-refractivity contribution is -0.136. The maximum Gasteiger partial charge on any atom is 0.417 e. The normalized spacial score (nSPS) is 12.0. The van der Waals surface area contributed by atoms with E-state index in [1.807, 2.05) is 0 Å². The van der Waals surface area contributed by atoms with Gasteiger partial charge in [0, 0.05) is 21.3 Å². The Morgan fingerprint density at radius 3 is 2.36 bits per heavy atom. The van der Waals surface area contributed by atoms with Gasteiger partial charge in [0.2, 0.25) is 0 Å². The SMILES string of the molecule is O=c1cc(C(F)(F)F)c2cc(-c3cc4cc(Br)cc(Br)c4oc3=O)ccc2o1. The quantitative estimate of drug-likeness (QED) is 0.287. The minimum Gasteiger partial charge on any atom is -0.423 e. The van der Waals surface area contributed by atoms with Crippen molar-refractivity contribution in [3.8, 4) is 11.1 Å². The van der Waals surface area contributed by atoms with E-state index in [-0.39, 0.29) is 22.1 Å². The molecule has 0 atom stereocenters. The Morgan fingerprint density at radius 2 is 1.64 bits per heavy atom. The molecule has 0 fully saturated rings. The van der Waals surface area contributed by atoms with E-state index in [1.54, 1.807) is 12.1 Å². The monoisotopic (exact) mass is 514 g/mol. The average molecular weight is 516 g/mol. The van der Waals surface area contributed by atoms with Crippen molar-refractivity contribution < 1.29 is 22.0 Å². The molecule has 2 aromatic heterocycles. The molecule has 9 heteroatoms. The van der Waals surface area contributed by atoms with Crippen LogP contribution in [0.1, 0.15) is 5.56 Å². The smallest absolute Gasteiger partial charge is 0.417 e. The van der Waals surface area contributed by atoms with E-state index in [4.69, 9.17) is 8.83 Å². The summed E-state index contributed by atoms with van der Waals surface area (Å²) in [5.41, 5.74) is -2.55. The van der Waals surface area contributed by atoms with Crippen LogP contribution >= 0.6 is 31.9 Å². The highest BCUT2D eigenvalue weighted by molar-refractivity contribution is 9.11. The van der Waals surface area contributed by atoms with Crippen molar-refractivity contribution in [2.24, 2.45) is 0 Å². The standard InChI is InChI=1S/C19H7Br2F3O4/c20-10-3-9-5-11(18(26)28-17(9)14(21)6-10)8-1-2-15-12(4-8)13(19(22,23)24)7-16(25)27-15/h1-7H. The van der Waals surface area contributed by atoms with Gasteiger partial charge in [-0.15, -0.1) is 0 Å². The van der Waals surface area contributed by atoms with Crippen molar-refractivity contribution in [2.75, 3.05) is 0 Å². The number of hydrogen-bond donors (Lipinski definition) is 0. The molecule has 0 amide bonds. The first-order chi connectivity index (χ1) is 13.1. The predicted octanol–water partition coefficient (Wildman–Crippen LogP) is 6.11. The van der Waals surface area contributed by atoms with Crippen LogP contribution in [0.2, 0.25) is 0 Å². The second kappa shape index (κ2) is 6.59. The molecule has 4 rings (SSSR count). The van der Waals surface area contributed by atoms with E-state index in [2.05, 4.69) is 31.9 Å². The maximum absolute atomic E-state index is 13.3. The first-order valence-corrected chi connectivity index (χ1v) is 9.30. The number of hydrogen-bond acceptors (Lipinski definition) is 4. The highest BCUT2D eigenvalue weighted by Gasteiger charge is 2.34. The van der Waals surface area contributed by atoms with Crippen LogP contribution in [0.4, 0.5) is 13.2 Å². The molecule has 0 saturated carbocycles. The Morgan fingerprint density at radius 1 is 0.893 bits per heavy atom. The van der Waals surface area contributed by atoms with Crippen LogP contribution in [0.15, 0.2) is 69.8 Å². The Bertz CT molecular complexity index is 1370. The minimum absolute atomic E-state index is 0.0822. The van der Waals surface area contributed by atoms with Gasteiger partial charge in [-0.2, -0.15) is 13.2 Å². The molecule has 4 aromatic rings. The van der Waals surface area contributed by atoms with Crippen molar-refractivity contribution in [1.82, 2.24) is 0 Å². The van der Waals surface area contributed by atoms with Gasteiger partial charge in [0.05, 0.1) is 15.6 Å². The zero-order valence-corrected chi connectivity index (χ0v) is 16.7. The summed E-state index contributed by atoms with van der Waals surface area (Å²) in [5.74, 6) is 0. The van der Waals surface area contributed by atoms with Crippen LogP contribution in [0, 0.1) is 0 Å². The number of benzene rings is 2. The summed E-state index contributed by atoms with van der Waals surface area (Å²) in [6.45, 7) is 0. The highest BCUT2D eigenvalue weighted by atomic mass is 79.9. The van der Waals surface area contributed by atoms with E-state index in [9.17, 15) is 22.8 Å². The van der Waals surface area contributed by atoms with E-state index in [1.165, 1.54) is 18.2 Å². The Balaban J connectivity index is 2.02. The lowest BCUT2D eigenvalue weighted by atomic mass is 10.0. The van der Waals surface area contributed by atoms with Gasteiger partial charge in [0.1, 0.15) is 5.58 Å². The molecule has 0 unspecified atom stereocenters. The van der Waals surface area contributed by atoms with Gasteiger partial charge < -0.3 is 8.83 Å². The first kappa shape index (κ1) is 18.9. The summed E-state index contributed by atoms with van der Waals surface area (Å²) in [4.78, 5) is 23.9. The fourth-order valence-electron chi connectivity index (χ4n) is 2.92. The molecule has 0 aliphatic carbocycles. The zero-order valence-electron chi connectivity index (χ0n) is 13.6. The Hall–Kier alpha value is -2.39. The fraction of sp³-hybridized carbons (Fsp3) is 0.0526. The summed E-state index contributed by atoms with van der Waals surface area (Å²) < 4.78 is 51.5. The summed E-state index contributed by atoms with van der Waals surface area (Å²) in [6.07, 6.45) is -4.75. The molecule has 0 radical (unpaired) electrons. The topological polar surface area (TPSA) is 60.4 Å². The van der Waals surface area contributed by atoms with Crippen molar-refractivity contribution in [1.29, 1.82) is 0 Å². The summed E-state index contributed by atoms with van der Waals surface area (Å²) in [5, 5.41) is 0.256. The third-order valence-electron chi connectivity index (χ3n) is 4.11. The molecule has 2 heterocycles. The molecule has 0 bridgehead atoms. The van der Waals surface area contributed by atoms with Crippen molar-refractivity contribution in [2.45, 2.75) is 6.18 Å². The largest absolute Gasteiger partial charge is 0.423 e. The summed E-state index contributed by atoms with van der Waals surface area (Å²) in [6, 6.07) is 9.13. The molecule has 142 valence electrons. The van der Waals surface area contributed by atoms with E-state index in [0.717, 1.165) is 10.5 Å².